The Morgan fingerprint density at radius 1 is 0.921 bits per heavy atom. The summed E-state index contributed by atoms with van der Waals surface area (Å²) in [7, 11) is 0. The molecule has 1 aliphatic rings. The van der Waals surface area contributed by atoms with Gasteiger partial charge < -0.3 is 40.8 Å². The second kappa shape index (κ2) is 10.9. The Kier molecular flexibility index (Phi) is 7.29. The van der Waals surface area contributed by atoms with E-state index >= 15 is 0 Å². The molecule has 3 heterocycles. The number of aliphatic hydroxyl groups excluding tert-OH is 1. The van der Waals surface area contributed by atoms with E-state index in [-0.39, 0.29) is 13.2 Å². The van der Waals surface area contributed by atoms with E-state index in [1.807, 2.05) is 48.5 Å². The number of carbonyl (C=O) groups excluding carboxylic acids is 2. The predicted molar refractivity (Wildman–Crippen MR) is 135 cm³/mol. The van der Waals surface area contributed by atoms with Crippen LogP contribution < -0.4 is 11.5 Å². The molecule has 0 aliphatic carbocycles. The molecule has 196 valence electrons. The maximum Gasteiger partial charge on any atom is 0.249 e. The summed E-state index contributed by atoms with van der Waals surface area (Å²) in [6.07, 6.45) is 0.926. The number of aromatic amines is 2. The quantitative estimate of drug-likeness (QED) is 0.197. The molecule has 3 unspecified atom stereocenters. The molecule has 0 saturated carbocycles. The summed E-state index contributed by atoms with van der Waals surface area (Å²) < 4.78 is 15.9. The maximum absolute atomic E-state index is 11.6. The molecule has 0 bridgehead atoms. The summed E-state index contributed by atoms with van der Waals surface area (Å²) >= 11 is 0. The molecule has 5 rings (SSSR count). The average Bonchev–Trinajstić information content (AvgIpc) is 3.69. The first kappa shape index (κ1) is 25.3. The van der Waals surface area contributed by atoms with Gasteiger partial charge in [0.1, 0.15) is 31.3 Å². The van der Waals surface area contributed by atoms with Crippen molar-refractivity contribution in [2.75, 3.05) is 13.6 Å². The zero-order valence-corrected chi connectivity index (χ0v) is 20.2. The first-order valence-corrected chi connectivity index (χ1v) is 11.8. The topological polar surface area (TPSA) is 191 Å². The molecule has 12 heteroatoms. The minimum Gasteiger partial charge on any atom is -0.371 e. The number of benzene rings is 2. The minimum absolute atomic E-state index is 0.0166. The van der Waals surface area contributed by atoms with Gasteiger partial charge in [-0.15, -0.1) is 0 Å². The molecular formula is C26H26N6O6. The van der Waals surface area contributed by atoms with Gasteiger partial charge in [0.15, 0.2) is 12.2 Å². The lowest BCUT2D eigenvalue weighted by Crippen LogP contribution is -2.32. The number of primary amides is 2. The van der Waals surface area contributed by atoms with Gasteiger partial charge >= 0.3 is 0 Å². The molecule has 1 fully saturated rings. The van der Waals surface area contributed by atoms with Crippen LogP contribution in [0.2, 0.25) is 0 Å². The number of hydrogen-bond donors (Lipinski definition) is 5. The number of imidazole rings is 2. The van der Waals surface area contributed by atoms with Crippen molar-refractivity contribution in [1.82, 2.24) is 19.9 Å². The van der Waals surface area contributed by atoms with Crippen molar-refractivity contribution in [2.24, 2.45) is 11.5 Å². The second-order valence-corrected chi connectivity index (χ2v) is 8.67. The Morgan fingerprint density at radius 3 is 2.08 bits per heavy atom. The highest BCUT2D eigenvalue weighted by Gasteiger charge is 2.37. The Hall–Kier alpha value is -4.36. The fourth-order valence-corrected chi connectivity index (χ4v) is 4.28. The van der Waals surface area contributed by atoms with Crippen LogP contribution >= 0.6 is 0 Å². The lowest BCUT2D eigenvalue weighted by Gasteiger charge is -2.11. The van der Waals surface area contributed by atoms with Crippen molar-refractivity contribution in [3.8, 4) is 33.6 Å². The van der Waals surface area contributed by atoms with Crippen LogP contribution in [0.15, 0.2) is 60.9 Å². The van der Waals surface area contributed by atoms with E-state index in [9.17, 15) is 9.59 Å². The van der Waals surface area contributed by atoms with Gasteiger partial charge in [0, 0.05) is 0 Å². The third kappa shape index (κ3) is 5.33. The first-order valence-electron chi connectivity index (χ1n) is 11.8. The third-order valence-corrected chi connectivity index (χ3v) is 6.20. The monoisotopic (exact) mass is 518 g/mol. The smallest absolute Gasteiger partial charge is 0.249 e. The lowest BCUT2D eigenvalue weighted by molar-refractivity contribution is -0.127. The summed E-state index contributed by atoms with van der Waals surface area (Å²) in [6.45, 7) is -0.570. The van der Waals surface area contributed by atoms with Crippen molar-refractivity contribution in [2.45, 2.75) is 24.7 Å². The Balaban J connectivity index is 1.28. The normalized spacial score (nSPS) is 17.9. The van der Waals surface area contributed by atoms with Gasteiger partial charge in [-0.3, -0.25) is 9.59 Å². The molecule has 7 N–H and O–H groups in total. The summed E-state index contributed by atoms with van der Waals surface area (Å²) in [4.78, 5) is 37.8. The number of ether oxygens (including phenoxy) is 3. The largest absolute Gasteiger partial charge is 0.371 e. The van der Waals surface area contributed by atoms with Crippen LogP contribution in [0.4, 0.5) is 0 Å². The number of hydrogen-bond acceptors (Lipinski definition) is 8. The standard InChI is InChI=1S/C26H26N6O6/c27-21(34)9-20(36-12-33)25-29-10-18(31-25)16-5-1-14(2-6-16)15-3-7-17(8-4-15)19-11-30-26(32-19)23-22(24(28)35)37-13-38-23/h1-8,10-11,20,22-23,33H,9,12-13H2,(H2,27,34)(H2,28,35)(H,29,31)(H,30,32). The van der Waals surface area contributed by atoms with Crippen molar-refractivity contribution in [1.29, 1.82) is 0 Å². The number of H-pyrrole nitrogens is 2. The van der Waals surface area contributed by atoms with E-state index in [1.165, 1.54) is 0 Å². The highest BCUT2D eigenvalue weighted by Crippen LogP contribution is 2.30. The first-order chi connectivity index (χ1) is 18.4. The molecule has 3 atom stereocenters. The number of rotatable bonds is 10. The summed E-state index contributed by atoms with van der Waals surface area (Å²) in [5.41, 5.74) is 16.0. The highest BCUT2D eigenvalue weighted by atomic mass is 16.7. The Morgan fingerprint density at radius 2 is 1.50 bits per heavy atom. The van der Waals surface area contributed by atoms with Crippen molar-refractivity contribution < 1.29 is 28.9 Å². The number of aliphatic hydroxyl groups is 1. The fraction of sp³-hybridized carbons (Fsp3) is 0.231. The predicted octanol–water partition coefficient (Wildman–Crippen LogP) is 1.92. The highest BCUT2D eigenvalue weighted by molar-refractivity contribution is 5.80. The molecule has 4 aromatic rings. The number of nitrogens with two attached hydrogens (primary N) is 2. The zero-order chi connectivity index (χ0) is 26.6. The van der Waals surface area contributed by atoms with Crippen LogP contribution in [0.5, 0.6) is 0 Å². The Bertz CT molecular complexity index is 1410. The average molecular weight is 519 g/mol. The number of nitrogens with one attached hydrogen (secondary N) is 2. The number of nitrogens with zero attached hydrogens (tertiary/aromatic N) is 2. The zero-order valence-electron chi connectivity index (χ0n) is 20.2. The summed E-state index contributed by atoms with van der Waals surface area (Å²) in [6, 6.07) is 15.8. The molecule has 1 saturated heterocycles. The molecular weight excluding hydrogens is 492 g/mol. The molecule has 2 aromatic carbocycles. The van der Waals surface area contributed by atoms with Gasteiger partial charge in [-0.25, -0.2) is 9.97 Å². The van der Waals surface area contributed by atoms with E-state index in [0.29, 0.717) is 11.6 Å². The molecule has 1 aliphatic heterocycles. The molecule has 0 spiro atoms. The van der Waals surface area contributed by atoms with Crippen LogP contribution in [-0.4, -0.2) is 56.5 Å². The van der Waals surface area contributed by atoms with E-state index in [2.05, 4.69) is 19.9 Å². The van der Waals surface area contributed by atoms with Gasteiger partial charge in [-0.1, -0.05) is 48.5 Å². The molecule has 2 amide bonds. The van der Waals surface area contributed by atoms with Crippen LogP contribution in [0.1, 0.15) is 30.3 Å². The molecule has 0 radical (unpaired) electrons. The van der Waals surface area contributed by atoms with E-state index in [4.69, 9.17) is 30.8 Å². The van der Waals surface area contributed by atoms with Gasteiger partial charge in [-0.05, 0) is 22.3 Å². The molecule has 12 nitrogen and oxygen atoms in total. The number of carbonyl (C=O) groups is 2. The van der Waals surface area contributed by atoms with E-state index in [0.717, 1.165) is 33.6 Å². The Labute approximate surface area is 217 Å². The van der Waals surface area contributed by atoms with E-state index in [1.54, 1.807) is 12.4 Å². The van der Waals surface area contributed by atoms with Crippen LogP contribution in [-0.2, 0) is 23.8 Å². The number of aromatic nitrogens is 4. The van der Waals surface area contributed by atoms with Crippen molar-refractivity contribution >= 4 is 11.8 Å². The second-order valence-electron chi connectivity index (χ2n) is 8.67. The SMILES string of the molecule is NC(=O)CC(OCO)c1ncc(-c2ccc(-c3ccc(-c4cnc(C5OCOC5C(N)=O)[nH]4)cc3)cc2)[nH]1. The van der Waals surface area contributed by atoms with Crippen LogP contribution in [0.25, 0.3) is 33.6 Å². The van der Waals surface area contributed by atoms with Gasteiger partial charge in [0.2, 0.25) is 11.8 Å². The molecule has 38 heavy (non-hydrogen) atoms. The van der Waals surface area contributed by atoms with Gasteiger partial charge in [0.05, 0.1) is 30.2 Å². The summed E-state index contributed by atoms with van der Waals surface area (Å²) in [5.74, 6) is -0.269. The summed E-state index contributed by atoms with van der Waals surface area (Å²) in [5, 5.41) is 9.08. The van der Waals surface area contributed by atoms with Gasteiger partial charge in [0.25, 0.3) is 0 Å². The van der Waals surface area contributed by atoms with Crippen LogP contribution in [0.3, 0.4) is 0 Å². The van der Waals surface area contributed by atoms with E-state index < -0.39 is 36.9 Å². The van der Waals surface area contributed by atoms with Gasteiger partial charge in [-0.2, -0.15) is 0 Å². The fourth-order valence-electron chi connectivity index (χ4n) is 4.28. The third-order valence-electron chi connectivity index (χ3n) is 6.20. The van der Waals surface area contributed by atoms with Crippen molar-refractivity contribution in [3.05, 3.63) is 72.6 Å². The number of amides is 2. The molecule has 2 aromatic heterocycles. The maximum atomic E-state index is 11.6. The van der Waals surface area contributed by atoms with Crippen LogP contribution in [0, 0.1) is 0 Å². The van der Waals surface area contributed by atoms with Crippen molar-refractivity contribution in [3.63, 3.8) is 0 Å². The lowest BCUT2D eigenvalue weighted by atomic mass is 10.0. The minimum atomic E-state index is -0.877.